The molecule has 1 amide bonds. The fraction of sp³-hybridized carbons (Fsp3) is 0.353. The number of rotatable bonds is 2. The van der Waals surface area contributed by atoms with E-state index in [1.54, 1.807) is 22.0 Å². The summed E-state index contributed by atoms with van der Waals surface area (Å²) in [5.41, 5.74) is 2.16. The molecule has 2 aliphatic heterocycles. The first kappa shape index (κ1) is 14.0. The molecule has 6 nitrogen and oxygen atoms in total. The van der Waals surface area contributed by atoms with Crippen LogP contribution < -0.4 is 4.90 Å². The number of hydrogen-bond donors (Lipinski definition) is 0. The van der Waals surface area contributed by atoms with Crippen molar-refractivity contribution in [2.24, 2.45) is 5.92 Å². The van der Waals surface area contributed by atoms with E-state index in [0.29, 0.717) is 0 Å². The van der Waals surface area contributed by atoms with Crippen molar-refractivity contribution in [1.82, 2.24) is 19.5 Å². The SMILES string of the molecule is O=C(C1CN(c2ccc3nccn3n2)C1)N1CCc2sccc2C1. The highest BCUT2D eigenvalue weighted by Gasteiger charge is 2.37. The molecule has 7 heteroatoms. The molecule has 2 aliphatic rings. The predicted molar refractivity (Wildman–Crippen MR) is 92.1 cm³/mol. The van der Waals surface area contributed by atoms with Gasteiger partial charge in [0.2, 0.25) is 5.91 Å². The lowest BCUT2D eigenvalue weighted by atomic mass is 9.97. The quantitative estimate of drug-likeness (QED) is 0.715. The van der Waals surface area contributed by atoms with Gasteiger partial charge in [0.15, 0.2) is 5.65 Å². The van der Waals surface area contributed by atoms with E-state index in [4.69, 9.17) is 0 Å². The Bertz CT molecular complexity index is 910. The van der Waals surface area contributed by atoms with Crippen LogP contribution in [0.15, 0.2) is 36.0 Å². The Hall–Kier alpha value is -2.41. The van der Waals surface area contributed by atoms with Crippen LogP contribution in [-0.4, -0.2) is 45.0 Å². The van der Waals surface area contributed by atoms with E-state index in [0.717, 1.165) is 44.1 Å². The normalized spacial score (nSPS) is 17.8. The smallest absolute Gasteiger partial charge is 0.229 e. The van der Waals surface area contributed by atoms with Crippen LogP contribution in [0.4, 0.5) is 5.82 Å². The van der Waals surface area contributed by atoms with Gasteiger partial charge >= 0.3 is 0 Å². The van der Waals surface area contributed by atoms with Crippen molar-refractivity contribution in [3.05, 3.63) is 46.4 Å². The highest BCUT2D eigenvalue weighted by atomic mass is 32.1. The first-order valence-electron chi connectivity index (χ1n) is 8.17. The lowest BCUT2D eigenvalue weighted by Crippen LogP contribution is -2.55. The van der Waals surface area contributed by atoms with E-state index in [2.05, 4.69) is 26.4 Å². The minimum Gasteiger partial charge on any atom is -0.353 e. The molecule has 3 aromatic heterocycles. The van der Waals surface area contributed by atoms with Crippen molar-refractivity contribution >= 4 is 28.7 Å². The summed E-state index contributed by atoms with van der Waals surface area (Å²) in [6, 6.07) is 6.08. The molecule has 0 aromatic carbocycles. The summed E-state index contributed by atoms with van der Waals surface area (Å²) in [6.07, 6.45) is 4.57. The van der Waals surface area contributed by atoms with Crippen LogP contribution in [0.1, 0.15) is 10.4 Å². The zero-order chi connectivity index (χ0) is 16.1. The fourth-order valence-corrected chi connectivity index (χ4v) is 4.38. The van der Waals surface area contributed by atoms with Crippen molar-refractivity contribution in [1.29, 1.82) is 0 Å². The Morgan fingerprint density at radius 2 is 2.17 bits per heavy atom. The maximum absolute atomic E-state index is 12.7. The molecule has 0 atom stereocenters. The Morgan fingerprint density at radius 1 is 1.25 bits per heavy atom. The van der Waals surface area contributed by atoms with Gasteiger partial charge in [0.25, 0.3) is 0 Å². The van der Waals surface area contributed by atoms with E-state index >= 15 is 0 Å². The average molecular weight is 339 g/mol. The minimum absolute atomic E-state index is 0.0884. The molecule has 0 bridgehead atoms. The number of imidazole rings is 1. The number of carbonyl (C=O) groups excluding carboxylic acids is 1. The summed E-state index contributed by atoms with van der Waals surface area (Å²) in [6.45, 7) is 3.12. The van der Waals surface area contributed by atoms with Gasteiger partial charge in [-0.05, 0) is 35.6 Å². The first-order valence-corrected chi connectivity index (χ1v) is 9.05. The molecule has 0 spiro atoms. The molecule has 0 aliphatic carbocycles. The average Bonchev–Trinajstić information content (AvgIpc) is 3.21. The molecule has 0 saturated carbocycles. The zero-order valence-corrected chi connectivity index (χ0v) is 13.9. The summed E-state index contributed by atoms with van der Waals surface area (Å²) in [7, 11) is 0. The predicted octanol–water partition coefficient (Wildman–Crippen LogP) is 1.81. The second-order valence-corrected chi connectivity index (χ2v) is 7.40. The van der Waals surface area contributed by atoms with Gasteiger partial charge in [-0.1, -0.05) is 0 Å². The van der Waals surface area contributed by atoms with Gasteiger partial charge < -0.3 is 9.80 Å². The van der Waals surface area contributed by atoms with Gasteiger partial charge in [-0.25, -0.2) is 9.50 Å². The van der Waals surface area contributed by atoms with Crippen LogP contribution in [-0.2, 0) is 17.8 Å². The van der Waals surface area contributed by atoms with Gasteiger partial charge in [-0.15, -0.1) is 16.4 Å². The third-order valence-corrected chi connectivity index (χ3v) is 5.94. The highest BCUT2D eigenvalue weighted by Crippen LogP contribution is 2.28. The topological polar surface area (TPSA) is 53.7 Å². The van der Waals surface area contributed by atoms with Crippen LogP contribution >= 0.6 is 11.3 Å². The van der Waals surface area contributed by atoms with Crippen molar-refractivity contribution in [3.63, 3.8) is 0 Å². The molecule has 1 fully saturated rings. The van der Waals surface area contributed by atoms with E-state index < -0.39 is 0 Å². The molecule has 0 radical (unpaired) electrons. The number of nitrogens with zero attached hydrogens (tertiary/aromatic N) is 5. The Labute approximate surface area is 143 Å². The van der Waals surface area contributed by atoms with E-state index in [1.807, 2.05) is 23.2 Å². The van der Waals surface area contributed by atoms with Crippen LogP contribution in [0.5, 0.6) is 0 Å². The van der Waals surface area contributed by atoms with E-state index in [1.165, 1.54) is 10.4 Å². The summed E-state index contributed by atoms with van der Waals surface area (Å²) in [5.74, 6) is 1.28. The molecule has 0 N–H and O–H groups in total. The van der Waals surface area contributed by atoms with E-state index in [-0.39, 0.29) is 11.8 Å². The largest absolute Gasteiger partial charge is 0.353 e. The number of thiophene rings is 1. The molecule has 5 heterocycles. The maximum atomic E-state index is 12.7. The minimum atomic E-state index is 0.0884. The van der Waals surface area contributed by atoms with Gasteiger partial charge in [-0.2, -0.15) is 0 Å². The summed E-state index contributed by atoms with van der Waals surface area (Å²) >= 11 is 1.80. The van der Waals surface area contributed by atoms with Crippen molar-refractivity contribution in [3.8, 4) is 0 Å². The first-order chi connectivity index (χ1) is 11.8. The third-order valence-electron chi connectivity index (χ3n) is 4.92. The molecular weight excluding hydrogens is 322 g/mol. The Balaban J connectivity index is 1.25. The highest BCUT2D eigenvalue weighted by molar-refractivity contribution is 7.10. The fourth-order valence-electron chi connectivity index (χ4n) is 3.49. The zero-order valence-electron chi connectivity index (χ0n) is 13.1. The number of amides is 1. The van der Waals surface area contributed by atoms with Crippen LogP contribution in [0.25, 0.3) is 5.65 Å². The molecular formula is C17H17N5OS. The number of fused-ring (bicyclic) bond motifs is 2. The molecule has 1 saturated heterocycles. The van der Waals surface area contributed by atoms with Crippen molar-refractivity contribution in [2.45, 2.75) is 13.0 Å². The number of carbonyl (C=O) groups is 1. The Kier molecular flexibility index (Phi) is 3.09. The second kappa shape index (κ2) is 5.31. The third kappa shape index (κ3) is 2.19. The summed E-state index contributed by atoms with van der Waals surface area (Å²) < 4.78 is 1.77. The second-order valence-electron chi connectivity index (χ2n) is 6.40. The van der Waals surface area contributed by atoms with Gasteiger partial charge in [0.1, 0.15) is 5.82 Å². The molecule has 3 aromatic rings. The standard InChI is InChI=1S/C17H17N5OS/c23-17(20-6-3-14-12(9-20)4-8-24-14)13-10-21(11-13)16-2-1-15-18-5-7-22(15)19-16/h1-2,4-5,7-8,13H,3,6,9-11H2. The number of anilines is 1. The van der Waals surface area contributed by atoms with Gasteiger partial charge in [0.05, 0.1) is 5.92 Å². The van der Waals surface area contributed by atoms with Gasteiger partial charge in [0, 0.05) is 43.4 Å². The van der Waals surface area contributed by atoms with Crippen molar-refractivity contribution in [2.75, 3.05) is 24.5 Å². The van der Waals surface area contributed by atoms with Crippen LogP contribution in [0.2, 0.25) is 0 Å². The summed E-state index contributed by atoms with van der Waals surface area (Å²) in [5, 5.41) is 6.67. The van der Waals surface area contributed by atoms with Gasteiger partial charge in [-0.3, -0.25) is 4.79 Å². The molecule has 5 rings (SSSR count). The van der Waals surface area contributed by atoms with E-state index in [9.17, 15) is 4.79 Å². The molecule has 24 heavy (non-hydrogen) atoms. The number of aromatic nitrogens is 3. The monoisotopic (exact) mass is 339 g/mol. The maximum Gasteiger partial charge on any atom is 0.229 e. The summed E-state index contributed by atoms with van der Waals surface area (Å²) in [4.78, 5) is 22.5. The lowest BCUT2D eigenvalue weighted by molar-refractivity contribution is -0.137. The molecule has 0 unspecified atom stereocenters. The number of hydrogen-bond acceptors (Lipinski definition) is 5. The lowest BCUT2D eigenvalue weighted by Gasteiger charge is -2.41. The Morgan fingerprint density at radius 3 is 3.08 bits per heavy atom. The van der Waals surface area contributed by atoms with Crippen LogP contribution in [0, 0.1) is 5.92 Å². The van der Waals surface area contributed by atoms with Crippen LogP contribution in [0.3, 0.4) is 0 Å². The molecule has 122 valence electrons. The van der Waals surface area contributed by atoms with Crippen molar-refractivity contribution < 1.29 is 4.79 Å².